The number of aromatic nitrogens is 3. The number of hydrogen-bond acceptors (Lipinski definition) is 5. The minimum absolute atomic E-state index is 0.0267. The fourth-order valence-corrected chi connectivity index (χ4v) is 3.20. The number of amides is 1. The van der Waals surface area contributed by atoms with Crippen LogP contribution < -0.4 is 14.8 Å². The molecule has 3 aromatic carbocycles. The van der Waals surface area contributed by atoms with Crippen LogP contribution in [0.25, 0.3) is 11.4 Å². The smallest absolute Gasteiger partial charge is 0.244 e. The van der Waals surface area contributed by atoms with Gasteiger partial charge in [0.1, 0.15) is 23.8 Å². The number of para-hydroxylation sites is 1. The molecule has 0 aliphatic heterocycles. The Bertz CT molecular complexity index is 1220. The van der Waals surface area contributed by atoms with E-state index in [0.29, 0.717) is 22.0 Å². The molecule has 1 heterocycles. The molecule has 1 amide bonds. The monoisotopic (exact) mass is 432 g/mol. The Morgan fingerprint density at radius 3 is 2.29 bits per heavy atom. The van der Waals surface area contributed by atoms with E-state index in [0.717, 1.165) is 17.1 Å². The molecule has 31 heavy (non-hydrogen) atoms. The van der Waals surface area contributed by atoms with E-state index >= 15 is 0 Å². The summed E-state index contributed by atoms with van der Waals surface area (Å²) in [5, 5.41) is 9.89. The Morgan fingerprint density at radius 2 is 1.61 bits per heavy atom. The van der Waals surface area contributed by atoms with E-state index in [1.165, 1.54) is 0 Å². The van der Waals surface area contributed by atoms with Crippen molar-refractivity contribution in [3.63, 3.8) is 0 Å². The maximum Gasteiger partial charge on any atom is 0.244 e. The number of ether oxygens (including phenoxy) is 2. The zero-order chi connectivity index (χ0) is 21.6. The Morgan fingerprint density at radius 1 is 0.968 bits per heavy atom. The van der Waals surface area contributed by atoms with Crippen LogP contribution in [0.5, 0.6) is 17.2 Å². The number of carbonyl (C=O) groups is 1. The number of hydrogen-bond donors (Lipinski definition) is 2. The third kappa shape index (κ3) is 4.99. The molecular weight excluding hydrogens is 412 g/mol. The molecule has 0 spiro atoms. The van der Waals surface area contributed by atoms with Crippen molar-refractivity contribution in [1.82, 2.24) is 14.8 Å². The lowest BCUT2D eigenvalue weighted by molar-refractivity contribution is -0.116. The third-order valence-electron chi connectivity index (χ3n) is 4.53. The van der Waals surface area contributed by atoms with Gasteiger partial charge in [0, 0.05) is 11.3 Å². The molecule has 0 atom stereocenters. The molecule has 156 valence electrons. The van der Waals surface area contributed by atoms with Crippen molar-refractivity contribution >= 4 is 23.8 Å². The highest BCUT2D eigenvalue weighted by atomic mass is 32.1. The lowest BCUT2D eigenvalue weighted by atomic mass is 10.2. The van der Waals surface area contributed by atoms with Crippen LogP contribution in [-0.2, 0) is 11.3 Å². The number of nitrogens with one attached hydrogen (secondary N) is 2. The van der Waals surface area contributed by atoms with Gasteiger partial charge in [-0.2, -0.15) is 5.10 Å². The topological polar surface area (TPSA) is 81.2 Å². The van der Waals surface area contributed by atoms with Gasteiger partial charge in [-0.3, -0.25) is 14.5 Å². The minimum Gasteiger partial charge on any atom is -0.497 e. The number of H-pyrrole nitrogens is 1. The lowest BCUT2D eigenvalue weighted by Crippen LogP contribution is -2.19. The summed E-state index contributed by atoms with van der Waals surface area (Å²) in [6, 6.07) is 24.1. The average molecular weight is 433 g/mol. The minimum atomic E-state index is -0.219. The number of methoxy groups -OCH3 is 1. The summed E-state index contributed by atoms with van der Waals surface area (Å²) in [6.07, 6.45) is 0. The highest BCUT2D eigenvalue weighted by Gasteiger charge is 2.13. The molecule has 1 aromatic heterocycles. The number of anilines is 1. The van der Waals surface area contributed by atoms with E-state index in [1.807, 2.05) is 54.6 Å². The van der Waals surface area contributed by atoms with E-state index in [1.54, 1.807) is 35.9 Å². The zero-order valence-corrected chi connectivity index (χ0v) is 17.6. The number of rotatable bonds is 7. The van der Waals surface area contributed by atoms with Gasteiger partial charge >= 0.3 is 0 Å². The fourth-order valence-electron chi connectivity index (χ4n) is 3.00. The van der Waals surface area contributed by atoms with Crippen molar-refractivity contribution in [3.8, 4) is 28.6 Å². The maximum absolute atomic E-state index is 12.6. The largest absolute Gasteiger partial charge is 0.497 e. The molecule has 2 N–H and O–H groups in total. The highest BCUT2D eigenvalue weighted by molar-refractivity contribution is 7.71. The van der Waals surface area contributed by atoms with Crippen molar-refractivity contribution in [2.45, 2.75) is 6.54 Å². The molecule has 0 bridgehead atoms. The Balaban J connectivity index is 1.43. The molecule has 0 saturated heterocycles. The summed E-state index contributed by atoms with van der Waals surface area (Å²) in [4.78, 5) is 12.6. The van der Waals surface area contributed by atoms with Crippen molar-refractivity contribution in [2.24, 2.45) is 0 Å². The van der Waals surface area contributed by atoms with Crippen molar-refractivity contribution in [3.05, 3.63) is 83.6 Å². The molecule has 8 heteroatoms. The molecule has 4 rings (SSSR count). The van der Waals surface area contributed by atoms with Crippen LogP contribution in [0.15, 0.2) is 78.9 Å². The SMILES string of the molecule is COc1ccc(-c2n[nH]c(=S)n2CC(=O)Nc2ccc(Oc3ccccc3)cc2)cc1. The first-order chi connectivity index (χ1) is 15.1. The Kier molecular flexibility index (Phi) is 6.09. The normalized spacial score (nSPS) is 10.5. The molecule has 0 unspecified atom stereocenters. The van der Waals surface area contributed by atoms with Gasteiger partial charge in [-0.05, 0) is 72.9 Å². The molecule has 0 saturated carbocycles. The number of carbonyl (C=O) groups excluding carboxylic acids is 1. The fraction of sp³-hybridized carbons (Fsp3) is 0.0870. The second kappa shape index (κ2) is 9.27. The summed E-state index contributed by atoms with van der Waals surface area (Å²) in [5.74, 6) is 2.53. The van der Waals surface area contributed by atoms with Gasteiger partial charge in [0.05, 0.1) is 7.11 Å². The predicted molar refractivity (Wildman–Crippen MR) is 121 cm³/mol. The first-order valence-electron chi connectivity index (χ1n) is 9.55. The van der Waals surface area contributed by atoms with Crippen LogP contribution in [0, 0.1) is 4.77 Å². The second-order valence-corrected chi connectivity index (χ2v) is 7.04. The van der Waals surface area contributed by atoms with Crippen LogP contribution in [0.4, 0.5) is 5.69 Å². The van der Waals surface area contributed by atoms with Gasteiger partial charge in [0.2, 0.25) is 5.91 Å². The number of nitrogens with zero attached hydrogens (tertiary/aromatic N) is 2. The van der Waals surface area contributed by atoms with E-state index in [4.69, 9.17) is 21.7 Å². The summed E-state index contributed by atoms with van der Waals surface area (Å²) in [5.41, 5.74) is 1.48. The van der Waals surface area contributed by atoms with E-state index in [-0.39, 0.29) is 12.5 Å². The van der Waals surface area contributed by atoms with E-state index < -0.39 is 0 Å². The zero-order valence-electron chi connectivity index (χ0n) is 16.7. The predicted octanol–water partition coefficient (Wildman–Crippen LogP) is 5.05. The average Bonchev–Trinajstić information content (AvgIpc) is 3.16. The van der Waals surface area contributed by atoms with Crippen LogP contribution >= 0.6 is 12.2 Å². The van der Waals surface area contributed by atoms with Crippen molar-refractivity contribution in [1.29, 1.82) is 0 Å². The molecule has 0 aliphatic rings. The van der Waals surface area contributed by atoms with Crippen LogP contribution in [0.3, 0.4) is 0 Å². The van der Waals surface area contributed by atoms with Gasteiger partial charge < -0.3 is 14.8 Å². The molecule has 4 aromatic rings. The van der Waals surface area contributed by atoms with Gasteiger partial charge in [-0.15, -0.1) is 0 Å². The first-order valence-corrected chi connectivity index (χ1v) is 9.95. The van der Waals surface area contributed by atoms with Crippen molar-refractivity contribution in [2.75, 3.05) is 12.4 Å². The van der Waals surface area contributed by atoms with Gasteiger partial charge in [-0.25, -0.2) is 0 Å². The Labute approximate surface area is 184 Å². The van der Waals surface area contributed by atoms with Crippen LogP contribution in [-0.4, -0.2) is 27.8 Å². The lowest BCUT2D eigenvalue weighted by Gasteiger charge is -2.10. The number of aromatic amines is 1. The third-order valence-corrected chi connectivity index (χ3v) is 4.84. The van der Waals surface area contributed by atoms with Crippen LogP contribution in [0.1, 0.15) is 0 Å². The first kappa shape index (κ1) is 20.4. The summed E-state index contributed by atoms with van der Waals surface area (Å²) in [7, 11) is 1.61. The van der Waals surface area contributed by atoms with E-state index in [2.05, 4.69) is 15.5 Å². The summed E-state index contributed by atoms with van der Waals surface area (Å²) in [6.45, 7) is 0.0267. The van der Waals surface area contributed by atoms with E-state index in [9.17, 15) is 4.79 Å². The highest BCUT2D eigenvalue weighted by Crippen LogP contribution is 2.23. The number of benzene rings is 3. The second-order valence-electron chi connectivity index (χ2n) is 6.65. The Hall–Kier alpha value is -3.91. The van der Waals surface area contributed by atoms with Crippen molar-refractivity contribution < 1.29 is 14.3 Å². The summed E-state index contributed by atoms with van der Waals surface area (Å²) >= 11 is 5.31. The van der Waals surface area contributed by atoms with Gasteiger partial charge in [0.15, 0.2) is 10.6 Å². The standard InChI is InChI=1S/C23H20N4O3S/c1-29-18-11-7-16(8-12-18)22-25-26-23(31)27(22)15-21(28)24-17-9-13-20(14-10-17)30-19-5-3-2-4-6-19/h2-14H,15H2,1H3,(H,24,28)(H,26,31). The molecule has 0 radical (unpaired) electrons. The molecule has 0 aliphatic carbocycles. The molecule has 0 fully saturated rings. The van der Waals surface area contributed by atoms with Gasteiger partial charge in [0.25, 0.3) is 0 Å². The quantitative estimate of drug-likeness (QED) is 0.400. The molecular formula is C23H20N4O3S. The summed E-state index contributed by atoms with van der Waals surface area (Å²) < 4.78 is 13.0. The van der Waals surface area contributed by atoms with Gasteiger partial charge in [-0.1, -0.05) is 18.2 Å². The van der Waals surface area contributed by atoms with Crippen LogP contribution in [0.2, 0.25) is 0 Å². The maximum atomic E-state index is 12.6. The molecule has 7 nitrogen and oxygen atoms in total.